The fraction of sp³-hybridized carbons (Fsp3) is 0.615. The molecule has 1 aromatic rings. The third kappa shape index (κ3) is 2.80. The van der Waals surface area contributed by atoms with Gasteiger partial charge in [0.2, 0.25) is 0 Å². The zero-order valence-corrected chi connectivity index (χ0v) is 12.2. The van der Waals surface area contributed by atoms with Crippen molar-refractivity contribution in [1.82, 2.24) is 4.98 Å². The van der Waals surface area contributed by atoms with Gasteiger partial charge < -0.3 is 9.47 Å². The third-order valence-corrected chi connectivity index (χ3v) is 3.58. The van der Waals surface area contributed by atoms with Crippen LogP contribution in [0.1, 0.15) is 34.1 Å². The first-order valence-corrected chi connectivity index (χ1v) is 6.57. The number of nitrogens with zero attached hydrogens (tertiary/aromatic N) is 1. The Kier molecular flexibility index (Phi) is 3.21. The molecule has 0 N–H and O–H groups in total. The lowest BCUT2D eigenvalue weighted by atomic mass is 9.97. The number of aromatic nitrogens is 1. The quantitative estimate of drug-likeness (QED) is 0.782. The van der Waals surface area contributed by atoms with Crippen LogP contribution < -0.4 is 4.74 Å². The van der Waals surface area contributed by atoms with Gasteiger partial charge in [0.15, 0.2) is 5.75 Å². The van der Waals surface area contributed by atoms with Gasteiger partial charge in [0.05, 0.1) is 5.60 Å². The number of halogens is 1. The van der Waals surface area contributed by atoms with E-state index in [1.54, 1.807) is 6.20 Å². The minimum Gasteiger partial charge on any atom is -0.484 e. The number of hydrogen-bond donors (Lipinski definition) is 0. The molecule has 4 heteroatoms. The van der Waals surface area contributed by atoms with E-state index in [4.69, 9.17) is 9.47 Å². The van der Waals surface area contributed by atoms with Crippen LogP contribution in [-0.4, -0.2) is 22.3 Å². The largest absolute Gasteiger partial charge is 0.484 e. The second kappa shape index (κ2) is 4.25. The maximum absolute atomic E-state index is 6.02. The van der Waals surface area contributed by atoms with Gasteiger partial charge in [-0.25, -0.2) is 4.98 Å². The Labute approximate surface area is 111 Å². The molecule has 1 aromatic heterocycles. The highest BCUT2D eigenvalue weighted by atomic mass is 79.9. The van der Waals surface area contributed by atoms with E-state index >= 15 is 0 Å². The van der Waals surface area contributed by atoms with Gasteiger partial charge in [0.1, 0.15) is 16.3 Å². The molecule has 1 saturated heterocycles. The van der Waals surface area contributed by atoms with Gasteiger partial charge in [0, 0.05) is 12.6 Å². The van der Waals surface area contributed by atoms with Crippen molar-refractivity contribution in [2.75, 3.05) is 0 Å². The monoisotopic (exact) mass is 299 g/mol. The highest BCUT2D eigenvalue weighted by Crippen LogP contribution is 2.40. The van der Waals surface area contributed by atoms with E-state index in [1.807, 2.05) is 12.1 Å². The number of hydrogen-bond acceptors (Lipinski definition) is 3. The second-order valence-corrected chi connectivity index (χ2v) is 6.32. The van der Waals surface area contributed by atoms with E-state index in [1.165, 1.54) is 0 Å². The average Bonchev–Trinajstić information content (AvgIpc) is 2.38. The molecule has 0 aliphatic carbocycles. The SMILES string of the molecule is CC1(C)CC(Oc2cccnc2Br)C(C)(C)O1. The van der Waals surface area contributed by atoms with Crippen molar-refractivity contribution in [3.8, 4) is 5.75 Å². The molecule has 0 bridgehead atoms. The summed E-state index contributed by atoms with van der Waals surface area (Å²) < 4.78 is 12.8. The molecule has 0 amide bonds. The van der Waals surface area contributed by atoms with Crippen LogP contribution in [0.25, 0.3) is 0 Å². The molecule has 1 unspecified atom stereocenters. The molecule has 0 spiro atoms. The van der Waals surface area contributed by atoms with E-state index < -0.39 is 0 Å². The third-order valence-electron chi connectivity index (χ3n) is 2.99. The van der Waals surface area contributed by atoms with Crippen molar-refractivity contribution in [2.24, 2.45) is 0 Å². The van der Waals surface area contributed by atoms with Crippen LogP contribution in [0.15, 0.2) is 22.9 Å². The number of ether oxygens (including phenoxy) is 2. The van der Waals surface area contributed by atoms with Crippen LogP contribution in [-0.2, 0) is 4.74 Å². The number of rotatable bonds is 2. The van der Waals surface area contributed by atoms with Crippen molar-refractivity contribution in [1.29, 1.82) is 0 Å². The molecule has 1 fully saturated rings. The molecule has 0 radical (unpaired) electrons. The summed E-state index contributed by atoms with van der Waals surface area (Å²) in [5.74, 6) is 0.770. The molecule has 0 aromatic carbocycles. The van der Waals surface area contributed by atoms with Crippen molar-refractivity contribution >= 4 is 15.9 Å². The predicted octanol–water partition coefficient (Wildman–Crippen LogP) is 3.57. The van der Waals surface area contributed by atoms with Gasteiger partial charge >= 0.3 is 0 Å². The minimum atomic E-state index is -0.279. The van der Waals surface area contributed by atoms with E-state index in [0.29, 0.717) is 0 Å². The lowest BCUT2D eigenvalue weighted by Gasteiger charge is -2.27. The summed E-state index contributed by atoms with van der Waals surface area (Å²) in [4.78, 5) is 4.16. The maximum Gasteiger partial charge on any atom is 0.152 e. The Hall–Kier alpha value is -0.610. The summed E-state index contributed by atoms with van der Waals surface area (Å²) in [7, 11) is 0. The highest BCUT2D eigenvalue weighted by molar-refractivity contribution is 9.10. The summed E-state index contributed by atoms with van der Waals surface area (Å²) in [6.45, 7) is 8.32. The second-order valence-electron chi connectivity index (χ2n) is 5.57. The van der Waals surface area contributed by atoms with Crippen molar-refractivity contribution in [3.63, 3.8) is 0 Å². The first-order chi connectivity index (χ1) is 7.80. The first kappa shape index (κ1) is 12.8. The van der Waals surface area contributed by atoms with Crippen molar-refractivity contribution in [3.05, 3.63) is 22.9 Å². The van der Waals surface area contributed by atoms with Gasteiger partial charge in [0.25, 0.3) is 0 Å². The summed E-state index contributed by atoms with van der Waals surface area (Å²) >= 11 is 3.39. The molecule has 0 saturated carbocycles. The Morgan fingerprint density at radius 3 is 2.65 bits per heavy atom. The van der Waals surface area contributed by atoms with Gasteiger partial charge in [-0.15, -0.1) is 0 Å². The molecular formula is C13H18BrNO2. The molecule has 2 rings (SSSR count). The Balaban J connectivity index is 2.17. The van der Waals surface area contributed by atoms with Gasteiger partial charge in [-0.3, -0.25) is 0 Å². The molecular weight excluding hydrogens is 282 g/mol. The highest BCUT2D eigenvalue weighted by Gasteiger charge is 2.47. The standard InChI is InChI=1S/C13H18BrNO2/c1-12(2)8-10(13(3,4)17-12)16-9-6-5-7-15-11(9)14/h5-7,10H,8H2,1-4H3. The summed E-state index contributed by atoms with van der Waals surface area (Å²) in [5.41, 5.74) is -0.415. The van der Waals surface area contributed by atoms with Crippen LogP contribution in [0.5, 0.6) is 5.75 Å². The minimum absolute atomic E-state index is 0.0398. The van der Waals surface area contributed by atoms with E-state index in [9.17, 15) is 0 Å². The van der Waals surface area contributed by atoms with E-state index in [-0.39, 0.29) is 17.3 Å². The fourth-order valence-electron chi connectivity index (χ4n) is 2.31. The maximum atomic E-state index is 6.02. The number of pyridine rings is 1. The van der Waals surface area contributed by atoms with E-state index in [0.717, 1.165) is 16.8 Å². The molecule has 1 atom stereocenters. The zero-order chi connectivity index (χ0) is 12.7. The van der Waals surface area contributed by atoms with Gasteiger partial charge in [-0.2, -0.15) is 0 Å². The summed E-state index contributed by atoms with van der Waals surface area (Å²) in [5, 5.41) is 0. The van der Waals surface area contributed by atoms with Crippen molar-refractivity contribution < 1.29 is 9.47 Å². The molecule has 3 nitrogen and oxygen atoms in total. The zero-order valence-electron chi connectivity index (χ0n) is 10.7. The summed E-state index contributed by atoms with van der Waals surface area (Å²) in [6, 6.07) is 3.78. The molecule has 1 aliphatic heterocycles. The smallest absolute Gasteiger partial charge is 0.152 e. The molecule has 17 heavy (non-hydrogen) atoms. The van der Waals surface area contributed by atoms with E-state index in [2.05, 4.69) is 48.6 Å². The lowest BCUT2D eigenvalue weighted by Crippen LogP contribution is -2.36. The Morgan fingerprint density at radius 1 is 1.41 bits per heavy atom. The molecule has 94 valence electrons. The first-order valence-electron chi connectivity index (χ1n) is 5.77. The van der Waals surface area contributed by atoms with Crippen LogP contribution >= 0.6 is 15.9 Å². The fourth-order valence-corrected chi connectivity index (χ4v) is 2.65. The Bertz CT molecular complexity index is 418. The molecule has 2 heterocycles. The van der Waals surface area contributed by atoms with Crippen LogP contribution in [0.4, 0.5) is 0 Å². The van der Waals surface area contributed by atoms with Crippen LogP contribution in [0, 0.1) is 0 Å². The summed E-state index contributed by atoms with van der Waals surface area (Å²) in [6.07, 6.45) is 2.65. The van der Waals surface area contributed by atoms with Crippen molar-refractivity contribution in [2.45, 2.75) is 51.4 Å². The van der Waals surface area contributed by atoms with Gasteiger partial charge in [-0.1, -0.05) is 0 Å². The molecule has 1 aliphatic rings. The Morgan fingerprint density at radius 2 is 2.12 bits per heavy atom. The van der Waals surface area contributed by atoms with Crippen LogP contribution in [0.2, 0.25) is 0 Å². The topological polar surface area (TPSA) is 31.4 Å². The normalized spacial score (nSPS) is 25.8. The van der Waals surface area contributed by atoms with Gasteiger partial charge in [-0.05, 0) is 55.8 Å². The lowest BCUT2D eigenvalue weighted by molar-refractivity contribution is -0.0847. The predicted molar refractivity (Wildman–Crippen MR) is 70.2 cm³/mol. The van der Waals surface area contributed by atoms with Crippen LogP contribution in [0.3, 0.4) is 0 Å². The average molecular weight is 300 g/mol.